The number of aromatic nitrogens is 2. The molecular weight excluding hydrogens is 440 g/mol. The van der Waals surface area contributed by atoms with Gasteiger partial charge in [0.25, 0.3) is 0 Å². The lowest BCUT2D eigenvalue weighted by Crippen LogP contribution is -2.23. The number of ketones is 2. The smallest absolute Gasteiger partial charge is 0.341 e. The third kappa shape index (κ3) is 3.35. The largest absolute Gasteiger partial charge is 0.457 e. The predicted molar refractivity (Wildman–Crippen MR) is 129 cm³/mol. The Kier molecular flexibility index (Phi) is 4.85. The van der Waals surface area contributed by atoms with Crippen molar-refractivity contribution in [3.8, 4) is 11.1 Å². The van der Waals surface area contributed by atoms with Gasteiger partial charge in [-0.1, -0.05) is 54.6 Å². The van der Waals surface area contributed by atoms with Crippen molar-refractivity contribution >= 4 is 23.1 Å². The quantitative estimate of drug-likeness (QED) is 0.342. The third-order valence-electron chi connectivity index (χ3n) is 6.23. The van der Waals surface area contributed by atoms with E-state index in [1.165, 1.54) is 0 Å². The van der Waals surface area contributed by atoms with E-state index in [0.717, 1.165) is 16.7 Å². The molecule has 0 radical (unpaired) electrons. The molecule has 0 atom stereocenters. The molecule has 0 N–H and O–H groups in total. The zero-order chi connectivity index (χ0) is 23.9. The van der Waals surface area contributed by atoms with Crippen LogP contribution in [0.1, 0.15) is 47.9 Å². The van der Waals surface area contributed by atoms with Gasteiger partial charge in [0.05, 0.1) is 16.6 Å². The number of benzene rings is 2. The van der Waals surface area contributed by atoms with Crippen LogP contribution < -0.4 is 0 Å². The summed E-state index contributed by atoms with van der Waals surface area (Å²) in [5.74, 6) is -1.32. The molecule has 5 aromatic rings. The normalized spacial score (nSPS) is 12.3. The Morgan fingerprint density at radius 3 is 2.23 bits per heavy atom. The van der Waals surface area contributed by atoms with Gasteiger partial charge in [0, 0.05) is 29.7 Å². The lowest BCUT2D eigenvalue weighted by atomic mass is 9.86. The Morgan fingerprint density at radius 2 is 1.49 bits per heavy atom. The summed E-state index contributed by atoms with van der Waals surface area (Å²) < 4.78 is 7.26. The fourth-order valence-corrected chi connectivity index (χ4v) is 4.57. The Balaban J connectivity index is 1.55. The van der Waals surface area contributed by atoms with Gasteiger partial charge in [-0.05, 0) is 41.0 Å². The van der Waals surface area contributed by atoms with E-state index in [9.17, 15) is 14.4 Å². The zero-order valence-electron chi connectivity index (χ0n) is 18.5. The molecule has 6 heteroatoms. The SMILES string of the molecule is O=C1c2ccccc2C(=O)c2c1c(C(=O)OCc1ccccc1)c1cc(-c3ccncc3)ccn21. The first-order valence-electron chi connectivity index (χ1n) is 11.1. The number of carbonyl (C=O) groups excluding carboxylic acids is 3. The average molecular weight is 458 g/mol. The molecule has 2 aromatic carbocycles. The van der Waals surface area contributed by atoms with Crippen molar-refractivity contribution in [3.63, 3.8) is 0 Å². The van der Waals surface area contributed by atoms with Crippen molar-refractivity contribution in [1.82, 2.24) is 9.38 Å². The molecule has 3 heterocycles. The van der Waals surface area contributed by atoms with E-state index in [-0.39, 0.29) is 40.6 Å². The van der Waals surface area contributed by atoms with Crippen LogP contribution in [0, 0.1) is 0 Å². The average Bonchev–Trinajstić information content (AvgIpc) is 3.26. The van der Waals surface area contributed by atoms with Crippen LogP contribution in [0.4, 0.5) is 0 Å². The molecule has 1 aliphatic rings. The van der Waals surface area contributed by atoms with Gasteiger partial charge in [-0.25, -0.2) is 4.79 Å². The summed E-state index contributed by atoms with van der Waals surface area (Å²) in [4.78, 5) is 44.6. The van der Waals surface area contributed by atoms with Crippen LogP contribution in [0.2, 0.25) is 0 Å². The van der Waals surface area contributed by atoms with Gasteiger partial charge in [-0.2, -0.15) is 0 Å². The number of hydrogen-bond acceptors (Lipinski definition) is 5. The van der Waals surface area contributed by atoms with Crippen molar-refractivity contribution in [2.75, 3.05) is 0 Å². The number of esters is 1. The summed E-state index contributed by atoms with van der Waals surface area (Å²) in [7, 11) is 0. The van der Waals surface area contributed by atoms with E-state index in [4.69, 9.17) is 4.74 Å². The minimum Gasteiger partial charge on any atom is -0.457 e. The van der Waals surface area contributed by atoms with E-state index in [1.807, 2.05) is 48.5 Å². The monoisotopic (exact) mass is 458 g/mol. The van der Waals surface area contributed by atoms with Crippen LogP contribution in [-0.2, 0) is 11.3 Å². The molecular formula is C29H18N2O4. The highest BCUT2D eigenvalue weighted by Crippen LogP contribution is 2.35. The van der Waals surface area contributed by atoms with E-state index < -0.39 is 5.97 Å². The van der Waals surface area contributed by atoms with Crippen LogP contribution >= 0.6 is 0 Å². The molecule has 0 amide bonds. The first-order valence-corrected chi connectivity index (χ1v) is 11.1. The maximum Gasteiger partial charge on any atom is 0.341 e. The molecule has 0 saturated heterocycles. The summed E-state index contributed by atoms with van der Waals surface area (Å²) >= 11 is 0. The number of nitrogens with zero attached hydrogens (tertiary/aromatic N) is 2. The second-order valence-corrected chi connectivity index (χ2v) is 8.27. The fourth-order valence-electron chi connectivity index (χ4n) is 4.57. The maximum atomic E-state index is 13.6. The highest BCUT2D eigenvalue weighted by Gasteiger charge is 2.38. The molecule has 0 saturated carbocycles. The zero-order valence-corrected chi connectivity index (χ0v) is 18.5. The summed E-state index contributed by atoms with van der Waals surface area (Å²) in [6.45, 7) is 0.0502. The fraction of sp³-hybridized carbons (Fsp3) is 0.0345. The Hall–Kier alpha value is -4.84. The number of carbonyl (C=O) groups is 3. The molecule has 0 unspecified atom stereocenters. The van der Waals surface area contributed by atoms with E-state index in [0.29, 0.717) is 11.1 Å². The second-order valence-electron chi connectivity index (χ2n) is 8.27. The lowest BCUT2D eigenvalue weighted by molar-refractivity contribution is 0.0472. The van der Waals surface area contributed by atoms with Gasteiger partial charge in [-0.3, -0.25) is 14.6 Å². The standard InChI is InChI=1S/C29H18N2O4/c32-27-21-8-4-5-9-22(21)28(33)26-25(27)24(29(34)35-17-18-6-2-1-3-7-18)23-16-20(12-15-31(23)26)19-10-13-30-14-11-19/h1-16H,17H2. The van der Waals surface area contributed by atoms with Gasteiger partial charge < -0.3 is 9.14 Å². The molecule has 35 heavy (non-hydrogen) atoms. The number of fused-ring (bicyclic) bond motifs is 4. The van der Waals surface area contributed by atoms with Gasteiger partial charge in [-0.15, -0.1) is 0 Å². The minimum absolute atomic E-state index is 0.0502. The van der Waals surface area contributed by atoms with Crippen LogP contribution in [0.3, 0.4) is 0 Å². The molecule has 0 aliphatic heterocycles. The number of pyridine rings is 2. The molecule has 1 aliphatic carbocycles. The number of rotatable bonds is 4. The van der Waals surface area contributed by atoms with Crippen LogP contribution in [0.5, 0.6) is 0 Å². The first-order chi connectivity index (χ1) is 17.1. The van der Waals surface area contributed by atoms with Crippen molar-refractivity contribution < 1.29 is 19.1 Å². The van der Waals surface area contributed by atoms with E-state index >= 15 is 0 Å². The number of ether oxygens (including phenoxy) is 1. The van der Waals surface area contributed by atoms with Crippen molar-refractivity contribution in [2.24, 2.45) is 0 Å². The second kappa shape index (κ2) is 8.18. The van der Waals surface area contributed by atoms with Gasteiger partial charge in [0.15, 0.2) is 5.78 Å². The first kappa shape index (κ1) is 20.7. The van der Waals surface area contributed by atoms with Crippen molar-refractivity contribution in [2.45, 2.75) is 6.61 Å². The van der Waals surface area contributed by atoms with E-state index in [1.54, 1.807) is 53.3 Å². The summed E-state index contributed by atoms with van der Waals surface area (Å²) in [6, 6.07) is 23.4. The molecule has 168 valence electrons. The van der Waals surface area contributed by atoms with Gasteiger partial charge in [0.2, 0.25) is 5.78 Å². The summed E-state index contributed by atoms with van der Waals surface area (Å²) in [5, 5.41) is 0. The molecule has 0 fully saturated rings. The maximum absolute atomic E-state index is 13.6. The predicted octanol–water partition coefficient (Wildman–Crippen LogP) is 5.13. The van der Waals surface area contributed by atoms with Crippen molar-refractivity contribution in [1.29, 1.82) is 0 Å². The van der Waals surface area contributed by atoms with Gasteiger partial charge in [0.1, 0.15) is 12.3 Å². The summed E-state index contributed by atoms with van der Waals surface area (Å²) in [5.41, 5.74) is 3.95. The Bertz CT molecular complexity index is 1640. The minimum atomic E-state index is -0.653. The molecule has 6 nitrogen and oxygen atoms in total. The Morgan fingerprint density at radius 1 is 0.800 bits per heavy atom. The number of hydrogen-bond donors (Lipinski definition) is 0. The molecule has 6 rings (SSSR count). The topological polar surface area (TPSA) is 77.7 Å². The third-order valence-corrected chi connectivity index (χ3v) is 6.23. The lowest BCUT2D eigenvalue weighted by Gasteiger charge is -2.15. The highest BCUT2D eigenvalue weighted by atomic mass is 16.5. The van der Waals surface area contributed by atoms with Gasteiger partial charge >= 0.3 is 5.97 Å². The highest BCUT2D eigenvalue weighted by molar-refractivity contribution is 6.31. The van der Waals surface area contributed by atoms with Crippen LogP contribution in [0.25, 0.3) is 16.6 Å². The van der Waals surface area contributed by atoms with Crippen LogP contribution in [0.15, 0.2) is 97.5 Å². The molecule has 0 spiro atoms. The Labute approximate surface area is 200 Å². The van der Waals surface area contributed by atoms with Crippen LogP contribution in [-0.4, -0.2) is 26.9 Å². The molecule has 0 bridgehead atoms. The molecule has 3 aromatic heterocycles. The summed E-state index contributed by atoms with van der Waals surface area (Å²) in [6.07, 6.45) is 5.08. The van der Waals surface area contributed by atoms with Crippen molar-refractivity contribution in [3.05, 3.63) is 131 Å². The van der Waals surface area contributed by atoms with E-state index in [2.05, 4.69) is 4.98 Å².